The van der Waals surface area contributed by atoms with Crippen molar-refractivity contribution in [3.63, 3.8) is 0 Å². The number of ether oxygens (including phenoxy) is 2. The van der Waals surface area contributed by atoms with Gasteiger partial charge in [0, 0.05) is 36.5 Å². The first kappa shape index (κ1) is 16.2. The third kappa shape index (κ3) is 3.05. The van der Waals surface area contributed by atoms with Gasteiger partial charge in [-0.1, -0.05) is 12.8 Å². The van der Waals surface area contributed by atoms with Gasteiger partial charge in [0.05, 0.1) is 18.8 Å². The molecule has 0 saturated heterocycles. The van der Waals surface area contributed by atoms with Crippen molar-refractivity contribution in [2.75, 3.05) is 14.2 Å². The molecule has 0 radical (unpaired) electrons. The summed E-state index contributed by atoms with van der Waals surface area (Å²) in [6, 6.07) is 0.0589. The van der Waals surface area contributed by atoms with Gasteiger partial charge in [-0.05, 0) is 26.7 Å². The topological polar surface area (TPSA) is 69.4 Å². The molecule has 1 aliphatic carbocycles. The van der Waals surface area contributed by atoms with Crippen LogP contribution < -0.4 is 16.0 Å². The summed E-state index contributed by atoms with van der Waals surface area (Å²) in [4.78, 5) is 4.58. The van der Waals surface area contributed by atoms with E-state index >= 15 is 0 Å². The first-order valence-corrected chi connectivity index (χ1v) is 7.58. The molecular formula is C16H27N3O2. The number of pyridine rings is 1. The third-order valence-corrected chi connectivity index (χ3v) is 4.84. The molecule has 0 aliphatic heterocycles. The zero-order chi connectivity index (χ0) is 15.5. The van der Waals surface area contributed by atoms with Gasteiger partial charge in [0.15, 0.2) is 0 Å². The first-order chi connectivity index (χ1) is 10.1. The fraction of sp³-hybridized carbons (Fsp3) is 0.688. The van der Waals surface area contributed by atoms with E-state index in [0.717, 1.165) is 41.8 Å². The van der Waals surface area contributed by atoms with Gasteiger partial charge >= 0.3 is 0 Å². The summed E-state index contributed by atoms with van der Waals surface area (Å²) < 4.78 is 11.3. The van der Waals surface area contributed by atoms with Crippen LogP contribution in [0.5, 0.6) is 5.75 Å². The van der Waals surface area contributed by atoms with E-state index in [1.165, 1.54) is 12.8 Å². The molecule has 3 N–H and O–H groups in total. The largest absolute Gasteiger partial charge is 0.496 e. The average Bonchev–Trinajstić information content (AvgIpc) is 2.97. The van der Waals surface area contributed by atoms with Crippen molar-refractivity contribution in [2.45, 2.75) is 57.6 Å². The maximum atomic E-state index is 5.84. The van der Waals surface area contributed by atoms with Gasteiger partial charge < -0.3 is 9.47 Å². The quantitative estimate of drug-likeness (QED) is 0.620. The number of aryl methyl sites for hydroxylation is 1. The van der Waals surface area contributed by atoms with E-state index in [-0.39, 0.29) is 11.6 Å². The Labute approximate surface area is 127 Å². The minimum absolute atomic E-state index is 0.0589. The highest BCUT2D eigenvalue weighted by Crippen LogP contribution is 2.37. The molecule has 1 saturated carbocycles. The molecule has 5 heteroatoms. The van der Waals surface area contributed by atoms with Crippen LogP contribution in [0.1, 0.15) is 42.5 Å². The molecule has 1 fully saturated rings. The lowest BCUT2D eigenvalue weighted by molar-refractivity contribution is -0.0358. The van der Waals surface area contributed by atoms with Gasteiger partial charge in [0.2, 0.25) is 0 Å². The second-order valence-electron chi connectivity index (χ2n) is 5.95. The van der Waals surface area contributed by atoms with Gasteiger partial charge in [0.25, 0.3) is 0 Å². The molecule has 2 rings (SSSR count). The molecule has 5 nitrogen and oxygen atoms in total. The summed E-state index contributed by atoms with van der Waals surface area (Å²) in [5, 5.41) is 0. The van der Waals surface area contributed by atoms with E-state index in [4.69, 9.17) is 15.3 Å². The predicted octanol–water partition coefficient (Wildman–Crippen LogP) is 2.04. The lowest BCUT2D eigenvalue weighted by atomic mass is 9.88. The zero-order valence-electron chi connectivity index (χ0n) is 13.5. The van der Waals surface area contributed by atoms with Crippen LogP contribution in [0, 0.1) is 13.8 Å². The SMILES string of the molecule is COc1c(C)cnc(CC(NN)C2(OC)CCCC2)c1C. The highest BCUT2D eigenvalue weighted by atomic mass is 16.5. The molecule has 1 aromatic rings. The Morgan fingerprint density at radius 3 is 2.52 bits per heavy atom. The molecule has 0 spiro atoms. The molecule has 0 bridgehead atoms. The second-order valence-corrected chi connectivity index (χ2v) is 5.95. The number of hydrogen-bond donors (Lipinski definition) is 2. The Hall–Kier alpha value is -1.17. The summed E-state index contributed by atoms with van der Waals surface area (Å²) in [5.41, 5.74) is 5.93. The van der Waals surface area contributed by atoms with E-state index in [1.807, 2.05) is 13.1 Å². The smallest absolute Gasteiger partial charge is 0.128 e. The van der Waals surface area contributed by atoms with Crippen molar-refractivity contribution in [1.82, 2.24) is 10.4 Å². The van der Waals surface area contributed by atoms with Crippen LogP contribution in [0.15, 0.2) is 6.20 Å². The van der Waals surface area contributed by atoms with Gasteiger partial charge in [-0.25, -0.2) is 0 Å². The Bertz CT molecular complexity index is 485. The van der Waals surface area contributed by atoms with Crippen LogP contribution in [0.4, 0.5) is 0 Å². The number of rotatable bonds is 6. The molecule has 1 aliphatic rings. The second kappa shape index (κ2) is 6.73. The number of nitrogens with zero attached hydrogens (tertiary/aromatic N) is 1. The molecular weight excluding hydrogens is 266 g/mol. The number of nitrogens with one attached hydrogen (secondary N) is 1. The number of methoxy groups -OCH3 is 2. The summed E-state index contributed by atoms with van der Waals surface area (Å²) in [6.45, 7) is 4.06. The highest BCUT2D eigenvalue weighted by Gasteiger charge is 2.41. The molecule has 1 atom stereocenters. The summed E-state index contributed by atoms with van der Waals surface area (Å²) >= 11 is 0. The monoisotopic (exact) mass is 293 g/mol. The molecule has 1 unspecified atom stereocenters. The average molecular weight is 293 g/mol. The summed E-state index contributed by atoms with van der Waals surface area (Å²) in [7, 11) is 3.48. The third-order valence-electron chi connectivity index (χ3n) is 4.84. The zero-order valence-corrected chi connectivity index (χ0v) is 13.5. The summed E-state index contributed by atoms with van der Waals surface area (Å²) in [5.74, 6) is 6.73. The maximum absolute atomic E-state index is 5.84. The molecule has 0 aromatic carbocycles. The highest BCUT2D eigenvalue weighted by molar-refractivity contribution is 5.41. The molecule has 1 heterocycles. The van der Waals surface area contributed by atoms with Crippen molar-refractivity contribution in [1.29, 1.82) is 0 Å². The van der Waals surface area contributed by atoms with E-state index in [1.54, 1.807) is 14.2 Å². The van der Waals surface area contributed by atoms with Crippen LogP contribution in [0.25, 0.3) is 0 Å². The maximum Gasteiger partial charge on any atom is 0.128 e. The number of nitrogens with two attached hydrogens (primary N) is 1. The Morgan fingerprint density at radius 2 is 2.00 bits per heavy atom. The van der Waals surface area contributed by atoms with Gasteiger partial charge in [-0.2, -0.15) is 0 Å². The number of hydrogen-bond acceptors (Lipinski definition) is 5. The van der Waals surface area contributed by atoms with E-state index < -0.39 is 0 Å². The normalized spacial score (nSPS) is 18.7. The first-order valence-electron chi connectivity index (χ1n) is 7.58. The molecule has 0 amide bonds. The van der Waals surface area contributed by atoms with E-state index in [9.17, 15) is 0 Å². The van der Waals surface area contributed by atoms with Gasteiger partial charge in [-0.15, -0.1) is 0 Å². The Balaban J connectivity index is 2.27. The van der Waals surface area contributed by atoms with Crippen LogP contribution in [-0.4, -0.2) is 30.8 Å². The van der Waals surface area contributed by atoms with Crippen LogP contribution >= 0.6 is 0 Å². The summed E-state index contributed by atoms with van der Waals surface area (Å²) in [6.07, 6.45) is 7.07. The van der Waals surface area contributed by atoms with E-state index in [0.29, 0.717) is 0 Å². The minimum Gasteiger partial charge on any atom is -0.496 e. The number of aromatic nitrogens is 1. The van der Waals surface area contributed by atoms with Crippen LogP contribution in [0.2, 0.25) is 0 Å². The predicted molar refractivity (Wildman–Crippen MR) is 83.3 cm³/mol. The molecule has 118 valence electrons. The van der Waals surface area contributed by atoms with E-state index in [2.05, 4.69) is 17.3 Å². The Kier molecular flexibility index (Phi) is 5.19. The molecule has 1 aromatic heterocycles. The van der Waals surface area contributed by atoms with Crippen LogP contribution in [0.3, 0.4) is 0 Å². The lowest BCUT2D eigenvalue weighted by Crippen LogP contribution is -2.54. The van der Waals surface area contributed by atoms with Crippen molar-refractivity contribution < 1.29 is 9.47 Å². The van der Waals surface area contributed by atoms with Crippen molar-refractivity contribution in [3.8, 4) is 5.75 Å². The van der Waals surface area contributed by atoms with Crippen LogP contribution in [-0.2, 0) is 11.2 Å². The lowest BCUT2D eigenvalue weighted by Gasteiger charge is -2.36. The van der Waals surface area contributed by atoms with Gasteiger partial charge in [-0.3, -0.25) is 16.3 Å². The fourth-order valence-electron chi connectivity index (χ4n) is 3.54. The molecule has 21 heavy (non-hydrogen) atoms. The van der Waals surface area contributed by atoms with Crippen molar-refractivity contribution >= 4 is 0 Å². The van der Waals surface area contributed by atoms with Crippen molar-refractivity contribution in [2.24, 2.45) is 5.84 Å². The number of hydrazine groups is 1. The standard InChI is InChI=1S/C16H27N3O2/c1-11-10-18-13(12(2)15(11)20-3)9-14(19-17)16(21-4)7-5-6-8-16/h10,14,19H,5-9,17H2,1-4H3. The Morgan fingerprint density at radius 1 is 1.33 bits per heavy atom. The van der Waals surface area contributed by atoms with Gasteiger partial charge in [0.1, 0.15) is 5.75 Å². The minimum atomic E-state index is -0.180. The fourth-order valence-corrected chi connectivity index (χ4v) is 3.54. The van der Waals surface area contributed by atoms with Crippen molar-refractivity contribution in [3.05, 3.63) is 23.0 Å².